The van der Waals surface area contributed by atoms with Gasteiger partial charge in [0.1, 0.15) is 0 Å². The Labute approximate surface area is 210 Å². The van der Waals surface area contributed by atoms with E-state index < -0.39 is 0 Å². The lowest BCUT2D eigenvalue weighted by Gasteiger charge is -2.22. The summed E-state index contributed by atoms with van der Waals surface area (Å²) >= 11 is 0. The first kappa shape index (κ1) is 28.5. The highest BCUT2D eigenvalue weighted by atomic mass is 16.5. The van der Waals surface area contributed by atoms with E-state index in [1.54, 1.807) is 0 Å². The van der Waals surface area contributed by atoms with Crippen molar-refractivity contribution >= 4 is 11.7 Å². The number of carbonyl (C=O) groups excluding carboxylic acids is 1. The summed E-state index contributed by atoms with van der Waals surface area (Å²) in [6.07, 6.45) is 21.5. The molecule has 1 heterocycles. The van der Waals surface area contributed by atoms with E-state index in [2.05, 4.69) is 32.3 Å². The van der Waals surface area contributed by atoms with E-state index in [0.717, 1.165) is 29.8 Å². The Bertz CT molecular complexity index is 752. The number of likely N-dealkylation sites (N-methyl/N-ethyl adjacent to an activating group) is 1. The Kier molecular flexibility index (Phi) is 12.8. The van der Waals surface area contributed by atoms with Crippen molar-refractivity contribution in [3.63, 3.8) is 0 Å². The third kappa shape index (κ3) is 8.78. The summed E-state index contributed by atoms with van der Waals surface area (Å²) in [4.78, 5) is 14.6. The van der Waals surface area contributed by atoms with E-state index in [1.807, 2.05) is 25.2 Å². The number of rotatable bonds is 18. The number of esters is 1. The molecule has 0 atom stereocenters. The fourth-order valence-electron chi connectivity index (χ4n) is 5.07. The predicted molar refractivity (Wildman–Crippen MR) is 147 cm³/mol. The van der Waals surface area contributed by atoms with Crippen molar-refractivity contribution in [2.45, 2.75) is 129 Å². The van der Waals surface area contributed by atoms with Crippen molar-refractivity contribution in [3.8, 4) is 0 Å². The maximum atomic E-state index is 12.5. The first-order valence-electron chi connectivity index (χ1n) is 14.1. The van der Waals surface area contributed by atoms with Crippen LogP contribution < -0.4 is 4.90 Å². The number of anilines is 1. The number of carbonyl (C=O) groups is 1. The maximum Gasteiger partial charge on any atom is 0.338 e. The first-order chi connectivity index (χ1) is 16.4. The number of ether oxygens (including phenoxy) is 1. The minimum atomic E-state index is -0.209. The van der Waals surface area contributed by atoms with Crippen molar-refractivity contribution in [1.29, 1.82) is 0 Å². The fraction of sp³-hybridized carbons (Fsp3) is 0.710. The van der Waals surface area contributed by atoms with E-state index in [-0.39, 0.29) is 11.4 Å². The van der Waals surface area contributed by atoms with Crippen LogP contribution in [-0.2, 0) is 10.2 Å². The lowest BCUT2D eigenvalue weighted by Crippen LogP contribution is -2.21. The molecule has 192 valence electrons. The highest BCUT2D eigenvalue weighted by molar-refractivity contribution is 5.91. The smallest absolute Gasteiger partial charge is 0.338 e. The van der Waals surface area contributed by atoms with Crippen LogP contribution in [-0.4, -0.2) is 19.6 Å². The van der Waals surface area contributed by atoms with Crippen molar-refractivity contribution in [2.24, 2.45) is 0 Å². The number of allylic oxidation sites excluding steroid dienone is 1. The minimum absolute atomic E-state index is 0.158. The summed E-state index contributed by atoms with van der Waals surface area (Å²) in [5.74, 6) is -0.209. The number of unbranched alkanes of at least 4 members (excludes halogenated alkanes) is 15. The second-order valence-corrected chi connectivity index (χ2v) is 10.8. The third-order valence-electron chi connectivity index (χ3n) is 7.62. The summed E-state index contributed by atoms with van der Waals surface area (Å²) in [7, 11) is 2.03. The van der Waals surface area contributed by atoms with Gasteiger partial charge in [-0.1, -0.05) is 124 Å². The molecule has 0 radical (unpaired) electrons. The van der Waals surface area contributed by atoms with Gasteiger partial charge in [-0.25, -0.2) is 4.79 Å². The molecule has 0 bridgehead atoms. The molecule has 0 N–H and O–H groups in total. The van der Waals surface area contributed by atoms with Gasteiger partial charge in [-0.3, -0.25) is 0 Å². The second-order valence-electron chi connectivity index (χ2n) is 10.8. The van der Waals surface area contributed by atoms with Gasteiger partial charge in [0.25, 0.3) is 0 Å². The molecule has 0 saturated heterocycles. The summed E-state index contributed by atoms with van der Waals surface area (Å²) in [5.41, 5.74) is 3.82. The Balaban J connectivity index is 1.46. The average Bonchev–Trinajstić information content (AvgIpc) is 3.00. The molecule has 0 saturated carbocycles. The molecule has 3 heteroatoms. The molecule has 1 aliphatic rings. The van der Waals surface area contributed by atoms with E-state index in [1.165, 1.54) is 89.9 Å². The fourth-order valence-corrected chi connectivity index (χ4v) is 5.07. The molecule has 0 fully saturated rings. The Morgan fingerprint density at radius 2 is 1.29 bits per heavy atom. The van der Waals surface area contributed by atoms with Gasteiger partial charge in [0, 0.05) is 23.8 Å². The lowest BCUT2D eigenvalue weighted by molar-refractivity contribution is 0.0497. The zero-order valence-electron chi connectivity index (χ0n) is 22.7. The van der Waals surface area contributed by atoms with Gasteiger partial charge in [0.05, 0.1) is 12.2 Å². The zero-order chi connectivity index (χ0) is 24.8. The van der Waals surface area contributed by atoms with Gasteiger partial charge in [0.2, 0.25) is 0 Å². The molecule has 3 nitrogen and oxygen atoms in total. The lowest BCUT2D eigenvalue weighted by atomic mass is 9.84. The highest BCUT2D eigenvalue weighted by Gasteiger charge is 2.37. The van der Waals surface area contributed by atoms with Crippen LogP contribution in [0, 0.1) is 0 Å². The van der Waals surface area contributed by atoms with Crippen LogP contribution in [0.5, 0.6) is 0 Å². The van der Waals surface area contributed by atoms with Crippen LogP contribution >= 0.6 is 0 Å². The van der Waals surface area contributed by atoms with Crippen LogP contribution in [0.25, 0.3) is 0 Å². The molecule has 0 unspecified atom stereocenters. The number of benzene rings is 1. The third-order valence-corrected chi connectivity index (χ3v) is 7.62. The van der Waals surface area contributed by atoms with Gasteiger partial charge in [-0.2, -0.15) is 0 Å². The maximum absolute atomic E-state index is 12.5. The van der Waals surface area contributed by atoms with Crippen LogP contribution in [0.3, 0.4) is 0 Å². The molecule has 1 aliphatic heterocycles. The molecule has 0 aromatic heterocycles. The average molecular weight is 470 g/mol. The van der Waals surface area contributed by atoms with E-state index >= 15 is 0 Å². The van der Waals surface area contributed by atoms with E-state index in [4.69, 9.17) is 4.74 Å². The van der Waals surface area contributed by atoms with Gasteiger partial charge in [-0.15, -0.1) is 0 Å². The SMILES string of the molecule is C=C1N(C)c2ccc(C(=O)OCCCCCCCCCCCCCCCCCC)cc2C1(C)C. The van der Waals surface area contributed by atoms with Crippen LogP contribution in [0.15, 0.2) is 30.5 Å². The number of nitrogens with zero attached hydrogens (tertiary/aromatic N) is 1. The molecule has 1 aromatic carbocycles. The molecule has 0 spiro atoms. The topological polar surface area (TPSA) is 29.5 Å². The van der Waals surface area contributed by atoms with E-state index in [9.17, 15) is 4.79 Å². The molecule has 2 rings (SSSR count). The van der Waals surface area contributed by atoms with Gasteiger partial charge in [0.15, 0.2) is 0 Å². The Hall–Kier alpha value is -1.77. The van der Waals surface area contributed by atoms with Crippen molar-refractivity contribution in [3.05, 3.63) is 41.6 Å². The molecule has 34 heavy (non-hydrogen) atoms. The number of fused-ring (bicyclic) bond motifs is 1. The summed E-state index contributed by atoms with van der Waals surface area (Å²) in [6.45, 7) is 11.3. The first-order valence-corrected chi connectivity index (χ1v) is 14.1. The Morgan fingerprint density at radius 1 is 0.824 bits per heavy atom. The minimum Gasteiger partial charge on any atom is -0.462 e. The molecular formula is C31H51NO2. The summed E-state index contributed by atoms with van der Waals surface area (Å²) < 4.78 is 5.55. The van der Waals surface area contributed by atoms with Gasteiger partial charge in [-0.05, 0) is 30.2 Å². The van der Waals surface area contributed by atoms with Crippen molar-refractivity contribution < 1.29 is 9.53 Å². The van der Waals surface area contributed by atoms with Gasteiger partial charge < -0.3 is 9.64 Å². The van der Waals surface area contributed by atoms with Crippen LogP contribution in [0.2, 0.25) is 0 Å². The largest absolute Gasteiger partial charge is 0.462 e. The number of hydrogen-bond donors (Lipinski definition) is 0. The number of hydrogen-bond acceptors (Lipinski definition) is 3. The molecule has 1 aromatic rings. The molecule has 0 amide bonds. The predicted octanol–water partition coefficient (Wildman–Crippen LogP) is 9.35. The highest BCUT2D eigenvalue weighted by Crippen LogP contribution is 2.46. The van der Waals surface area contributed by atoms with E-state index in [0.29, 0.717) is 12.2 Å². The van der Waals surface area contributed by atoms with Gasteiger partial charge >= 0.3 is 5.97 Å². The quantitative estimate of drug-likeness (QED) is 0.158. The molecular weight excluding hydrogens is 418 g/mol. The molecule has 0 aliphatic carbocycles. The summed E-state index contributed by atoms with van der Waals surface area (Å²) in [6, 6.07) is 5.88. The van der Waals surface area contributed by atoms with Crippen LogP contribution in [0.4, 0.5) is 5.69 Å². The summed E-state index contributed by atoms with van der Waals surface area (Å²) in [5, 5.41) is 0. The van der Waals surface area contributed by atoms with Crippen molar-refractivity contribution in [1.82, 2.24) is 0 Å². The zero-order valence-corrected chi connectivity index (χ0v) is 22.7. The monoisotopic (exact) mass is 469 g/mol. The van der Waals surface area contributed by atoms with Crippen molar-refractivity contribution in [2.75, 3.05) is 18.6 Å². The van der Waals surface area contributed by atoms with Crippen LogP contribution in [0.1, 0.15) is 139 Å². The Morgan fingerprint density at radius 3 is 1.79 bits per heavy atom. The standard InChI is InChI=1S/C31H51NO2/c1-6-7-8-9-10-11-12-13-14-15-16-17-18-19-20-21-24-34-30(33)27-22-23-29-28(25-27)31(3,4)26(2)32(29)5/h22-23,25H,2,6-21,24H2,1,3-5H3. The normalized spacial score (nSPS) is 14.5. The second kappa shape index (κ2) is 15.3.